The van der Waals surface area contributed by atoms with E-state index < -0.39 is 6.09 Å². The number of quaternary nitrogens is 1. The van der Waals surface area contributed by atoms with Gasteiger partial charge in [0.2, 0.25) is 0 Å². The molecular weight excluding hydrogens is 342 g/mol. The van der Waals surface area contributed by atoms with E-state index in [1.54, 1.807) is 11.8 Å². The van der Waals surface area contributed by atoms with E-state index in [2.05, 4.69) is 11.4 Å². The van der Waals surface area contributed by atoms with E-state index in [0.29, 0.717) is 18.8 Å². The number of fused-ring (bicyclic) bond motifs is 2. The summed E-state index contributed by atoms with van der Waals surface area (Å²) in [5, 5.41) is 2.73. The average molecular weight is 368 g/mol. The second kappa shape index (κ2) is 8.22. The molecule has 1 heterocycles. The van der Waals surface area contributed by atoms with Crippen molar-refractivity contribution in [2.45, 2.75) is 19.8 Å². The van der Waals surface area contributed by atoms with Crippen LogP contribution >= 0.6 is 0 Å². The SMILES string of the molecule is CCOC(=O)Nc1ccc2c(c1)N(C(=O)C[NH+](C)C)c1ccccc1CC2. The van der Waals surface area contributed by atoms with E-state index in [9.17, 15) is 9.59 Å². The first-order valence-corrected chi connectivity index (χ1v) is 9.26. The molecule has 0 saturated heterocycles. The van der Waals surface area contributed by atoms with Gasteiger partial charge in [0.25, 0.3) is 5.91 Å². The Labute approximate surface area is 159 Å². The topological polar surface area (TPSA) is 63.1 Å². The minimum atomic E-state index is -0.498. The summed E-state index contributed by atoms with van der Waals surface area (Å²) in [7, 11) is 3.92. The number of aryl methyl sites for hydroxylation is 2. The maximum atomic E-state index is 13.1. The molecule has 27 heavy (non-hydrogen) atoms. The van der Waals surface area contributed by atoms with Gasteiger partial charge in [0.15, 0.2) is 6.54 Å². The summed E-state index contributed by atoms with van der Waals surface area (Å²) in [5.41, 5.74) is 4.58. The monoisotopic (exact) mass is 368 g/mol. The molecule has 2 aromatic carbocycles. The molecule has 1 aliphatic heterocycles. The fourth-order valence-electron chi connectivity index (χ4n) is 3.34. The van der Waals surface area contributed by atoms with E-state index in [1.165, 1.54) is 0 Å². The molecule has 6 nitrogen and oxygen atoms in total. The van der Waals surface area contributed by atoms with Gasteiger partial charge in [0.05, 0.1) is 32.1 Å². The summed E-state index contributed by atoms with van der Waals surface area (Å²) in [4.78, 5) is 27.8. The largest absolute Gasteiger partial charge is 0.450 e. The third-order valence-electron chi connectivity index (χ3n) is 4.50. The van der Waals surface area contributed by atoms with Crippen molar-refractivity contribution in [3.8, 4) is 0 Å². The van der Waals surface area contributed by atoms with Crippen LogP contribution in [0.3, 0.4) is 0 Å². The van der Waals surface area contributed by atoms with Gasteiger partial charge in [0, 0.05) is 5.69 Å². The third kappa shape index (κ3) is 4.28. The number of hydrogen-bond acceptors (Lipinski definition) is 3. The van der Waals surface area contributed by atoms with Crippen LogP contribution in [0.5, 0.6) is 0 Å². The Kier molecular flexibility index (Phi) is 5.76. The Bertz CT molecular complexity index is 848. The molecule has 6 heteroatoms. The van der Waals surface area contributed by atoms with Crippen molar-refractivity contribution in [2.75, 3.05) is 37.5 Å². The molecule has 0 aliphatic carbocycles. The van der Waals surface area contributed by atoms with Crippen LogP contribution in [0.15, 0.2) is 42.5 Å². The highest BCUT2D eigenvalue weighted by Crippen LogP contribution is 2.37. The van der Waals surface area contributed by atoms with Crippen LogP contribution in [-0.4, -0.2) is 39.2 Å². The molecule has 0 saturated carbocycles. The maximum absolute atomic E-state index is 13.1. The van der Waals surface area contributed by atoms with Crippen LogP contribution in [0.1, 0.15) is 18.1 Å². The van der Waals surface area contributed by atoms with Gasteiger partial charge in [-0.05, 0) is 49.1 Å². The van der Waals surface area contributed by atoms with Crippen LogP contribution in [0.4, 0.5) is 21.9 Å². The Balaban J connectivity index is 2.05. The highest BCUT2D eigenvalue weighted by atomic mass is 16.5. The van der Waals surface area contributed by atoms with Crippen LogP contribution < -0.4 is 15.1 Å². The number of likely N-dealkylation sites (N-methyl/N-ethyl adjacent to an activating group) is 1. The molecule has 0 atom stereocenters. The van der Waals surface area contributed by atoms with Gasteiger partial charge in [-0.15, -0.1) is 0 Å². The van der Waals surface area contributed by atoms with Crippen LogP contribution in [0.2, 0.25) is 0 Å². The first kappa shape index (κ1) is 18.9. The molecule has 0 aromatic heterocycles. The molecule has 142 valence electrons. The van der Waals surface area contributed by atoms with Crippen LogP contribution in [0, 0.1) is 0 Å². The van der Waals surface area contributed by atoms with Crippen LogP contribution in [0.25, 0.3) is 0 Å². The lowest BCUT2D eigenvalue weighted by molar-refractivity contribution is -0.849. The fraction of sp³-hybridized carbons (Fsp3) is 0.333. The molecular formula is C21H26N3O3+. The molecule has 2 amide bonds. The number of nitrogens with one attached hydrogen (secondary N) is 2. The number of hydrogen-bond donors (Lipinski definition) is 2. The summed E-state index contributed by atoms with van der Waals surface area (Å²) in [6.07, 6.45) is 1.21. The van der Waals surface area contributed by atoms with Gasteiger partial charge >= 0.3 is 6.09 Å². The van der Waals surface area contributed by atoms with E-state index in [-0.39, 0.29) is 5.91 Å². The lowest BCUT2D eigenvalue weighted by Crippen LogP contribution is -3.07. The van der Waals surface area contributed by atoms with E-state index >= 15 is 0 Å². The Morgan fingerprint density at radius 3 is 2.48 bits per heavy atom. The maximum Gasteiger partial charge on any atom is 0.411 e. The van der Waals surface area contributed by atoms with Gasteiger partial charge in [-0.3, -0.25) is 15.0 Å². The molecule has 2 aromatic rings. The van der Waals surface area contributed by atoms with Crippen molar-refractivity contribution in [1.29, 1.82) is 0 Å². The Hall–Kier alpha value is -2.86. The second-order valence-corrected chi connectivity index (χ2v) is 6.93. The fourth-order valence-corrected chi connectivity index (χ4v) is 3.34. The lowest BCUT2D eigenvalue weighted by Gasteiger charge is -2.26. The number of para-hydroxylation sites is 1. The Morgan fingerprint density at radius 1 is 1.07 bits per heavy atom. The number of carbonyl (C=O) groups excluding carboxylic acids is 2. The number of anilines is 3. The van der Waals surface area contributed by atoms with Gasteiger partial charge < -0.3 is 9.64 Å². The summed E-state index contributed by atoms with van der Waals surface area (Å²) < 4.78 is 4.96. The van der Waals surface area contributed by atoms with E-state index in [0.717, 1.165) is 40.2 Å². The van der Waals surface area contributed by atoms with Crippen molar-refractivity contribution in [3.05, 3.63) is 53.6 Å². The summed E-state index contributed by atoms with van der Waals surface area (Å²) in [6, 6.07) is 13.7. The third-order valence-corrected chi connectivity index (χ3v) is 4.50. The second-order valence-electron chi connectivity index (χ2n) is 6.93. The van der Waals surface area contributed by atoms with Crippen LogP contribution in [-0.2, 0) is 22.4 Å². The highest BCUT2D eigenvalue weighted by molar-refractivity contribution is 6.03. The van der Waals surface area contributed by atoms with Crippen molar-refractivity contribution < 1.29 is 19.2 Å². The average Bonchev–Trinajstić information content (AvgIpc) is 2.77. The number of nitrogens with zero attached hydrogens (tertiary/aromatic N) is 1. The van der Waals surface area contributed by atoms with Crippen molar-refractivity contribution in [3.63, 3.8) is 0 Å². The number of carbonyl (C=O) groups is 2. The quantitative estimate of drug-likeness (QED) is 0.869. The van der Waals surface area contributed by atoms with Crippen molar-refractivity contribution >= 4 is 29.1 Å². The lowest BCUT2D eigenvalue weighted by atomic mass is 10.0. The predicted molar refractivity (Wildman–Crippen MR) is 106 cm³/mol. The zero-order valence-electron chi connectivity index (χ0n) is 16.0. The standard InChI is InChI=1S/C21H25N3O3/c1-4-27-21(26)22-17-12-11-16-10-9-15-7-5-6-8-18(15)24(19(16)13-17)20(25)14-23(2)3/h5-8,11-13H,4,9-10,14H2,1-3H3,(H,22,26)/p+1. The molecule has 0 radical (unpaired) electrons. The molecule has 3 rings (SSSR count). The summed E-state index contributed by atoms with van der Waals surface area (Å²) >= 11 is 0. The van der Waals surface area contributed by atoms with Gasteiger partial charge in [-0.2, -0.15) is 0 Å². The predicted octanol–water partition coefficient (Wildman–Crippen LogP) is 2.16. The molecule has 0 bridgehead atoms. The smallest absolute Gasteiger partial charge is 0.411 e. The summed E-state index contributed by atoms with van der Waals surface area (Å²) in [5.74, 6) is 0.0267. The molecule has 0 fully saturated rings. The molecule has 2 N–H and O–H groups in total. The Morgan fingerprint density at radius 2 is 1.78 bits per heavy atom. The minimum Gasteiger partial charge on any atom is -0.450 e. The molecule has 1 aliphatic rings. The van der Waals surface area contributed by atoms with Gasteiger partial charge in [-0.1, -0.05) is 24.3 Å². The van der Waals surface area contributed by atoms with Gasteiger partial charge in [0.1, 0.15) is 0 Å². The minimum absolute atomic E-state index is 0.0267. The van der Waals surface area contributed by atoms with Crippen molar-refractivity contribution in [2.24, 2.45) is 0 Å². The highest BCUT2D eigenvalue weighted by Gasteiger charge is 2.27. The molecule has 0 unspecified atom stereocenters. The number of rotatable bonds is 4. The molecule has 0 spiro atoms. The van der Waals surface area contributed by atoms with E-state index in [1.807, 2.05) is 50.5 Å². The van der Waals surface area contributed by atoms with Gasteiger partial charge in [-0.25, -0.2) is 4.79 Å². The number of amides is 2. The van der Waals surface area contributed by atoms with E-state index in [4.69, 9.17) is 4.74 Å². The number of ether oxygens (including phenoxy) is 1. The first-order valence-electron chi connectivity index (χ1n) is 9.26. The zero-order valence-corrected chi connectivity index (χ0v) is 16.0. The first-order chi connectivity index (χ1) is 13.0. The van der Waals surface area contributed by atoms with Crippen molar-refractivity contribution in [1.82, 2.24) is 0 Å². The zero-order chi connectivity index (χ0) is 19.4. The normalized spacial score (nSPS) is 12.8. The number of benzene rings is 2. The summed E-state index contributed by atoms with van der Waals surface area (Å²) in [6.45, 7) is 2.45.